The highest BCUT2D eigenvalue weighted by Gasteiger charge is 2.30. The molecule has 4 heteroatoms. The molecule has 0 radical (unpaired) electrons. The van der Waals surface area contributed by atoms with Crippen molar-refractivity contribution in [2.24, 2.45) is 0 Å². The zero-order valence-corrected chi connectivity index (χ0v) is 8.17. The predicted molar refractivity (Wildman–Crippen MR) is 49.3 cm³/mol. The summed E-state index contributed by atoms with van der Waals surface area (Å²) in [6.07, 6.45) is 2.32. The number of likely N-dealkylation sites (tertiary alicyclic amines) is 1. The third-order valence-corrected chi connectivity index (χ3v) is 2.34. The van der Waals surface area contributed by atoms with E-state index in [0.717, 1.165) is 19.4 Å². The molecular weight excluding hydrogens is 170 g/mol. The number of carbonyl (C=O) groups excluding carboxylic acids is 2. The van der Waals surface area contributed by atoms with Crippen LogP contribution in [0.25, 0.3) is 0 Å². The SMILES string of the molecule is CCC(=O)N1CCC[C@H]1C(C)=O.O. The third kappa shape index (κ3) is 2.52. The lowest BCUT2D eigenvalue weighted by molar-refractivity contribution is -0.136. The Balaban J connectivity index is 0.00000144. The molecule has 1 rings (SSSR count). The van der Waals surface area contributed by atoms with E-state index in [1.807, 2.05) is 6.92 Å². The molecule has 0 unspecified atom stereocenters. The summed E-state index contributed by atoms with van der Waals surface area (Å²) in [4.78, 5) is 24.1. The van der Waals surface area contributed by atoms with Crippen molar-refractivity contribution in [1.29, 1.82) is 0 Å². The van der Waals surface area contributed by atoms with Crippen molar-refractivity contribution in [2.75, 3.05) is 6.54 Å². The molecule has 1 amide bonds. The molecule has 1 saturated heterocycles. The molecular formula is C9H17NO3. The molecule has 4 nitrogen and oxygen atoms in total. The molecule has 0 saturated carbocycles. The van der Waals surface area contributed by atoms with Gasteiger partial charge in [-0.15, -0.1) is 0 Å². The average molecular weight is 187 g/mol. The van der Waals surface area contributed by atoms with Gasteiger partial charge in [-0.25, -0.2) is 0 Å². The van der Waals surface area contributed by atoms with Gasteiger partial charge in [-0.3, -0.25) is 9.59 Å². The Morgan fingerprint density at radius 1 is 1.46 bits per heavy atom. The number of amides is 1. The molecule has 0 spiro atoms. The van der Waals surface area contributed by atoms with E-state index >= 15 is 0 Å². The van der Waals surface area contributed by atoms with E-state index in [9.17, 15) is 9.59 Å². The highest BCUT2D eigenvalue weighted by Crippen LogP contribution is 2.18. The van der Waals surface area contributed by atoms with Crippen LogP contribution in [0.15, 0.2) is 0 Å². The van der Waals surface area contributed by atoms with Gasteiger partial charge in [-0.05, 0) is 19.8 Å². The van der Waals surface area contributed by atoms with Crippen LogP contribution in [0.1, 0.15) is 33.1 Å². The summed E-state index contributed by atoms with van der Waals surface area (Å²) in [6, 6.07) is -0.127. The minimum absolute atomic E-state index is 0. The van der Waals surface area contributed by atoms with Crippen LogP contribution < -0.4 is 0 Å². The quantitative estimate of drug-likeness (QED) is 0.617. The van der Waals surface area contributed by atoms with Crippen LogP contribution in [-0.4, -0.2) is 34.7 Å². The van der Waals surface area contributed by atoms with Crippen molar-refractivity contribution >= 4 is 11.7 Å². The molecule has 13 heavy (non-hydrogen) atoms. The summed E-state index contributed by atoms with van der Waals surface area (Å²) in [5.74, 6) is 0.224. The standard InChI is InChI=1S/C9H15NO2.H2O/c1-3-9(12)10-6-4-5-8(10)7(2)11;/h8H,3-6H2,1-2H3;1H2/t8-;/m0./s1. The van der Waals surface area contributed by atoms with Gasteiger partial charge in [-0.1, -0.05) is 6.92 Å². The molecule has 1 fully saturated rings. The normalized spacial score (nSPS) is 21.1. The fourth-order valence-electron chi connectivity index (χ4n) is 1.69. The fraction of sp³-hybridized carbons (Fsp3) is 0.778. The van der Waals surface area contributed by atoms with Crippen LogP contribution in [-0.2, 0) is 9.59 Å². The van der Waals surface area contributed by atoms with Crippen molar-refractivity contribution in [1.82, 2.24) is 4.90 Å². The molecule has 0 aliphatic carbocycles. The number of rotatable bonds is 2. The van der Waals surface area contributed by atoms with Crippen LogP contribution in [0.5, 0.6) is 0 Å². The lowest BCUT2D eigenvalue weighted by Crippen LogP contribution is -2.39. The maximum atomic E-state index is 11.3. The van der Waals surface area contributed by atoms with Crippen molar-refractivity contribution in [3.63, 3.8) is 0 Å². The van der Waals surface area contributed by atoms with Gasteiger partial charge in [0.1, 0.15) is 0 Å². The van der Waals surface area contributed by atoms with Gasteiger partial charge in [0.2, 0.25) is 5.91 Å². The summed E-state index contributed by atoms with van der Waals surface area (Å²) >= 11 is 0. The number of nitrogens with zero attached hydrogens (tertiary/aromatic N) is 1. The van der Waals surface area contributed by atoms with E-state index in [0.29, 0.717) is 6.42 Å². The Kier molecular flexibility index (Phi) is 4.62. The van der Waals surface area contributed by atoms with E-state index in [2.05, 4.69) is 0 Å². The third-order valence-electron chi connectivity index (χ3n) is 2.34. The maximum Gasteiger partial charge on any atom is 0.222 e. The summed E-state index contributed by atoms with van der Waals surface area (Å²) in [7, 11) is 0. The summed E-state index contributed by atoms with van der Waals surface area (Å²) in [6.45, 7) is 4.15. The van der Waals surface area contributed by atoms with Crippen LogP contribution in [0.2, 0.25) is 0 Å². The minimum atomic E-state index is -0.127. The summed E-state index contributed by atoms with van der Waals surface area (Å²) in [5.41, 5.74) is 0. The first-order chi connectivity index (χ1) is 5.66. The minimum Gasteiger partial charge on any atom is -0.412 e. The van der Waals surface area contributed by atoms with Crippen LogP contribution in [0, 0.1) is 0 Å². The highest BCUT2D eigenvalue weighted by atomic mass is 16.2. The van der Waals surface area contributed by atoms with E-state index < -0.39 is 0 Å². The lowest BCUT2D eigenvalue weighted by atomic mass is 10.1. The molecule has 0 aromatic rings. The van der Waals surface area contributed by atoms with E-state index in [4.69, 9.17) is 0 Å². The number of ketones is 1. The molecule has 0 aromatic carbocycles. The van der Waals surface area contributed by atoms with Gasteiger partial charge < -0.3 is 10.4 Å². The van der Waals surface area contributed by atoms with E-state index in [-0.39, 0.29) is 23.2 Å². The van der Waals surface area contributed by atoms with Crippen LogP contribution >= 0.6 is 0 Å². The number of hydrogen-bond donors (Lipinski definition) is 0. The molecule has 1 aliphatic heterocycles. The molecule has 1 aliphatic rings. The maximum absolute atomic E-state index is 11.3. The van der Waals surface area contributed by atoms with Crippen molar-refractivity contribution in [3.05, 3.63) is 0 Å². The first-order valence-electron chi connectivity index (χ1n) is 4.46. The van der Waals surface area contributed by atoms with Gasteiger partial charge in [0, 0.05) is 13.0 Å². The van der Waals surface area contributed by atoms with Gasteiger partial charge in [0.05, 0.1) is 6.04 Å². The smallest absolute Gasteiger partial charge is 0.222 e. The largest absolute Gasteiger partial charge is 0.412 e. The summed E-state index contributed by atoms with van der Waals surface area (Å²) < 4.78 is 0. The Morgan fingerprint density at radius 3 is 2.54 bits per heavy atom. The Bertz CT molecular complexity index is 203. The second-order valence-corrected chi connectivity index (χ2v) is 3.21. The molecule has 2 N–H and O–H groups in total. The second kappa shape index (κ2) is 4.97. The molecule has 0 aromatic heterocycles. The topological polar surface area (TPSA) is 68.9 Å². The predicted octanol–water partition coefficient (Wildman–Crippen LogP) is 0.152. The monoisotopic (exact) mass is 187 g/mol. The fourth-order valence-corrected chi connectivity index (χ4v) is 1.69. The first kappa shape index (κ1) is 12.1. The average Bonchev–Trinajstić information content (AvgIpc) is 2.50. The molecule has 1 atom stereocenters. The zero-order valence-electron chi connectivity index (χ0n) is 8.17. The Labute approximate surface area is 78.2 Å². The van der Waals surface area contributed by atoms with Crippen LogP contribution in [0.4, 0.5) is 0 Å². The van der Waals surface area contributed by atoms with Crippen molar-refractivity contribution in [2.45, 2.75) is 39.2 Å². The zero-order chi connectivity index (χ0) is 9.14. The molecule has 76 valence electrons. The van der Waals surface area contributed by atoms with Crippen molar-refractivity contribution < 1.29 is 15.1 Å². The number of carbonyl (C=O) groups is 2. The number of Topliss-reactive ketones (excluding diaryl/α,β-unsaturated/α-hetero) is 1. The van der Waals surface area contributed by atoms with Gasteiger partial charge in [0.15, 0.2) is 5.78 Å². The Morgan fingerprint density at radius 2 is 2.08 bits per heavy atom. The first-order valence-corrected chi connectivity index (χ1v) is 4.46. The van der Waals surface area contributed by atoms with Crippen molar-refractivity contribution in [3.8, 4) is 0 Å². The second-order valence-electron chi connectivity index (χ2n) is 3.21. The summed E-state index contributed by atoms with van der Waals surface area (Å²) in [5, 5.41) is 0. The lowest BCUT2D eigenvalue weighted by Gasteiger charge is -2.21. The van der Waals surface area contributed by atoms with Gasteiger partial charge >= 0.3 is 0 Å². The van der Waals surface area contributed by atoms with Gasteiger partial charge in [0.25, 0.3) is 0 Å². The Hall–Kier alpha value is -0.900. The van der Waals surface area contributed by atoms with Gasteiger partial charge in [-0.2, -0.15) is 0 Å². The molecule has 0 bridgehead atoms. The van der Waals surface area contributed by atoms with E-state index in [1.165, 1.54) is 0 Å². The highest BCUT2D eigenvalue weighted by molar-refractivity contribution is 5.87. The van der Waals surface area contributed by atoms with Crippen LogP contribution in [0.3, 0.4) is 0 Å². The van der Waals surface area contributed by atoms with E-state index in [1.54, 1.807) is 11.8 Å². The number of hydrogen-bond acceptors (Lipinski definition) is 2. The molecule has 1 heterocycles.